The highest BCUT2D eigenvalue weighted by Gasteiger charge is 2.30. The van der Waals surface area contributed by atoms with Gasteiger partial charge in [0.1, 0.15) is 0 Å². The largest absolute Gasteiger partial charge is 0.393 e. The van der Waals surface area contributed by atoms with E-state index in [0.29, 0.717) is 12.1 Å². The molecule has 1 saturated carbocycles. The first-order valence-corrected chi connectivity index (χ1v) is 5.40. The van der Waals surface area contributed by atoms with Gasteiger partial charge in [-0.25, -0.2) is 0 Å². The van der Waals surface area contributed by atoms with Gasteiger partial charge >= 0.3 is 0 Å². The van der Waals surface area contributed by atoms with Crippen molar-refractivity contribution in [1.82, 2.24) is 10.6 Å². The molecule has 0 aromatic rings. The Morgan fingerprint density at radius 2 is 2.23 bits per heavy atom. The molecular formula is C10H20N2O. The molecule has 1 heterocycles. The number of aliphatic hydroxyl groups excluding tert-OH is 1. The molecule has 2 rings (SSSR count). The third kappa shape index (κ3) is 2.22. The first kappa shape index (κ1) is 9.44. The summed E-state index contributed by atoms with van der Waals surface area (Å²) >= 11 is 0. The van der Waals surface area contributed by atoms with Crippen molar-refractivity contribution in [3.05, 3.63) is 0 Å². The standard InChI is InChI=1S/C10H20N2O/c1-7(8-2-3-11-6-8)12-9-4-10(13)5-9/h7-13H,2-6H2,1H3. The van der Waals surface area contributed by atoms with Gasteiger partial charge in [-0.15, -0.1) is 0 Å². The summed E-state index contributed by atoms with van der Waals surface area (Å²) in [5.41, 5.74) is 0. The predicted molar refractivity (Wildman–Crippen MR) is 52.6 cm³/mol. The zero-order valence-corrected chi connectivity index (χ0v) is 8.29. The van der Waals surface area contributed by atoms with Crippen LogP contribution in [0.3, 0.4) is 0 Å². The molecule has 0 aromatic heterocycles. The number of aliphatic hydroxyl groups is 1. The summed E-state index contributed by atoms with van der Waals surface area (Å²) in [6.45, 7) is 4.59. The lowest BCUT2D eigenvalue weighted by atomic mass is 9.87. The van der Waals surface area contributed by atoms with Crippen molar-refractivity contribution in [3.63, 3.8) is 0 Å². The maximum Gasteiger partial charge on any atom is 0.0570 e. The SMILES string of the molecule is CC(NC1CC(O)C1)C1CCNC1. The van der Waals surface area contributed by atoms with E-state index in [1.54, 1.807) is 0 Å². The molecule has 13 heavy (non-hydrogen) atoms. The van der Waals surface area contributed by atoms with Crippen LogP contribution in [0.25, 0.3) is 0 Å². The van der Waals surface area contributed by atoms with E-state index in [9.17, 15) is 0 Å². The van der Waals surface area contributed by atoms with Crippen molar-refractivity contribution in [2.45, 2.75) is 44.4 Å². The molecule has 2 unspecified atom stereocenters. The molecule has 2 fully saturated rings. The van der Waals surface area contributed by atoms with Gasteiger partial charge in [-0.2, -0.15) is 0 Å². The molecule has 76 valence electrons. The Labute approximate surface area is 79.9 Å². The smallest absolute Gasteiger partial charge is 0.0570 e. The minimum Gasteiger partial charge on any atom is -0.393 e. The Balaban J connectivity index is 1.68. The summed E-state index contributed by atoms with van der Waals surface area (Å²) in [5, 5.41) is 16.1. The Bertz CT molecular complexity index is 162. The Morgan fingerprint density at radius 1 is 1.46 bits per heavy atom. The van der Waals surface area contributed by atoms with Gasteiger partial charge in [0.05, 0.1) is 6.10 Å². The number of hydrogen-bond donors (Lipinski definition) is 3. The van der Waals surface area contributed by atoms with Gasteiger partial charge < -0.3 is 15.7 Å². The molecule has 3 heteroatoms. The van der Waals surface area contributed by atoms with Crippen molar-refractivity contribution in [1.29, 1.82) is 0 Å². The normalized spacial score (nSPS) is 41.5. The average Bonchev–Trinajstić information content (AvgIpc) is 2.53. The zero-order chi connectivity index (χ0) is 9.26. The van der Waals surface area contributed by atoms with Gasteiger partial charge in [-0.3, -0.25) is 0 Å². The fourth-order valence-electron chi connectivity index (χ4n) is 2.34. The maximum absolute atomic E-state index is 9.14. The van der Waals surface area contributed by atoms with Crippen LogP contribution in [0.1, 0.15) is 26.2 Å². The van der Waals surface area contributed by atoms with Gasteiger partial charge in [-0.05, 0) is 45.2 Å². The topological polar surface area (TPSA) is 44.3 Å². The van der Waals surface area contributed by atoms with Crippen LogP contribution >= 0.6 is 0 Å². The molecule has 2 atom stereocenters. The van der Waals surface area contributed by atoms with Crippen molar-refractivity contribution < 1.29 is 5.11 Å². The summed E-state index contributed by atoms with van der Waals surface area (Å²) in [4.78, 5) is 0. The van der Waals surface area contributed by atoms with Crippen molar-refractivity contribution >= 4 is 0 Å². The molecule has 1 saturated heterocycles. The monoisotopic (exact) mass is 184 g/mol. The molecule has 0 aromatic carbocycles. The van der Waals surface area contributed by atoms with Crippen LogP contribution in [0.5, 0.6) is 0 Å². The minimum absolute atomic E-state index is 0.0357. The molecule has 2 aliphatic rings. The zero-order valence-electron chi connectivity index (χ0n) is 8.29. The number of nitrogens with one attached hydrogen (secondary N) is 2. The van der Waals surface area contributed by atoms with E-state index < -0.39 is 0 Å². The lowest BCUT2D eigenvalue weighted by molar-refractivity contribution is 0.0556. The highest BCUT2D eigenvalue weighted by Crippen LogP contribution is 2.22. The van der Waals surface area contributed by atoms with Crippen LogP contribution < -0.4 is 10.6 Å². The highest BCUT2D eigenvalue weighted by atomic mass is 16.3. The summed E-state index contributed by atoms with van der Waals surface area (Å²) in [6.07, 6.45) is 3.16. The highest BCUT2D eigenvalue weighted by molar-refractivity contribution is 4.89. The third-order valence-electron chi connectivity index (χ3n) is 3.42. The van der Waals surface area contributed by atoms with E-state index in [1.165, 1.54) is 13.0 Å². The van der Waals surface area contributed by atoms with Crippen molar-refractivity contribution in [3.8, 4) is 0 Å². The molecule has 0 amide bonds. The minimum atomic E-state index is -0.0357. The Hall–Kier alpha value is -0.120. The quantitative estimate of drug-likeness (QED) is 0.583. The van der Waals surface area contributed by atoms with Crippen LogP contribution in [0.2, 0.25) is 0 Å². The van der Waals surface area contributed by atoms with Gasteiger partial charge in [0.15, 0.2) is 0 Å². The Morgan fingerprint density at radius 3 is 2.77 bits per heavy atom. The second kappa shape index (κ2) is 3.95. The first-order chi connectivity index (χ1) is 6.25. The average molecular weight is 184 g/mol. The van der Waals surface area contributed by atoms with E-state index >= 15 is 0 Å². The molecule has 3 nitrogen and oxygen atoms in total. The second-order valence-corrected chi connectivity index (χ2v) is 4.53. The van der Waals surface area contributed by atoms with E-state index in [4.69, 9.17) is 5.11 Å². The van der Waals surface area contributed by atoms with Crippen molar-refractivity contribution in [2.24, 2.45) is 5.92 Å². The lowest BCUT2D eigenvalue weighted by Crippen LogP contribution is -2.50. The van der Waals surface area contributed by atoms with E-state index in [0.717, 1.165) is 25.3 Å². The summed E-state index contributed by atoms with van der Waals surface area (Å²) in [5.74, 6) is 0.790. The van der Waals surface area contributed by atoms with Crippen LogP contribution in [0.4, 0.5) is 0 Å². The Kier molecular flexibility index (Phi) is 2.86. The molecule has 3 N–H and O–H groups in total. The molecule has 0 spiro atoms. The molecule has 0 bridgehead atoms. The van der Waals surface area contributed by atoms with Crippen LogP contribution in [-0.4, -0.2) is 36.4 Å². The van der Waals surface area contributed by atoms with Crippen LogP contribution in [0, 0.1) is 5.92 Å². The molecule has 0 radical (unpaired) electrons. The van der Waals surface area contributed by atoms with Crippen LogP contribution in [0.15, 0.2) is 0 Å². The van der Waals surface area contributed by atoms with Crippen LogP contribution in [-0.2, 0) is 0 Å². The maximum atomic E-state index is 9.14. The number of hydrogen-bond acceptors (Lipinski definition) is 3. The summed E-state index contributed by atoms with van der Waals surface area (Å²) in [6, 6.07) is 1.18. The third-order valence-corrected chi connectivity index (χ3v) is 3.42. The second-order valence-electron chi connectivity index (χ2n) is 4.53. The first-order valence-electron chi connectivity index (χ1n) is 5.40. The fourth-order valence-corrected chi connectivity index (χ4v) is 2.34. The van der Waals surface area contributed by atoms with E-state index in [2.05, 4.69) is 17.6 Å². The predicted octanol–water partition coefficient (Wildman–Crippen LogP) is 0.0973. The lowest BCUT2D eigenvalue weighted by Gasteiger charge is -2.36. The summed E-state index contributed by atoms with van der Waals surface area (Å²) in [7, 11) is 0. The molecule has 1 aliphatic carbocycles. The molecular weight excluding hydrogens is 164 g/mol. The number of rotatable bonds is 3. The van der Waals surface area contributed by atoms with Gasteiger partial charge in [0, 0.05) is 12.1 Å². The van der Waals surface area contributed by atoms with E-state index in [-0.39, 0.29) is 6.10 Å². The van der Waals surface area contributed by atoms with Gasteiger partial charge in [0.25, 0.3) is 0 Å². The van der Waals surface area contributed by atoms with E-state index in [1.807, 2.05) is 0 Å². The van der Waals surface area contributed by atoms with Gasteiger partial charge in [-0.1, -0.05) is 0 Å². The van der Waals surface area contributed by atoms with Crippen molar-refractivity contribution in [2.75, 3.05) is 13.1 Å². The fraction of sp³-hybridized carbons (Fsp3) is 1.00. The summed E-state index contributed by atoms with van der Waals surface area (Å²) < 4.78 is 0. The van der Waals surface area contributed by atoms with Gasteiger partial charge in [0.2, 0.25) is 0 Å². The molecule has 1 aliphatic heterocycles.